The Morgan fingerprint density at radius 3 is 2.77 bits per heavy atom. The average Bonchev–Trinajstić information content (AvgIpc) is 2.16. The van der Waals surface area contributed by atoms with Crippen LogP contribution in [0.25, 0.3) is 0 Å². The minimum Gasteiger partial charge on any atom is -0.248 e. The molecule has 1 rings (SSSR count). The molecule has 0 spiro atoms. The molecule has 0 amide bonds. The summed E-state index contributed by atoms with van der Waals surface area (Å²) in [7, 11) is 0. The maximum absolute atomic E-state index is 12.4. The first-order valence-electron chi connectivity index (χ1n) is 3.67. The van der Waals surface area contributed by atoms with Crippen LogP contribution in [0.2, 0.25) is 0 Å². The summed E-state index contributed by atoms with van der Waals surface area (Å²) in [6.45, 7) is -0.697. The standard InChI is InChI=1S/C9H7BrFNO/c10-8-4-2-1-3-7(8)9(5-11)12-6-13/h1-4,9H,5H2. The van der Waals surface area contributed by atoms with Crippen LogP contribution in [0, 0.1) is 0 Å². The molecule has 0 saturated heterocycles. The summed E-state index contributed by atoms with van der Waals surface area (Å²) in [5.41, 5.74) is 0.661. The summed E-state index contributed by atoms with van der Waals surface area (Å²) in [6.07, 6.45) is 1.36. The van der Waals surface area contributed by atoms with E-state index in [0.29, 0.717) is 5.56 Å². The van der Waals surface area contributed by atoms with Crippen molar-refractivity contribution < 1.29 is 9.18 Å². The van der Waals surface area contributed by atoms with Crippen molar-refractivity contribution in [3.05, 3.63) is 34.3 Å². The molecule has 0 radical (unpaired) electrons. The molecule has 0 aliphatic carbocycles. The molecule has 0 saturated carbocycles. The number of hydrogen-bond donors (Lipinski definition) is 0. The Hall–Kier alpha value is -0.990. The van der Waals surface area contributed by atoms with Gasteiger partial charge in [0.15, 0.2) is 0 Å². The third-order valence-electron chi connectivity index (χ3n) is 1.62. The normalized spacial score (nSPS) is 11.8. The molecule has 0 heterocycles. The predicted molar refractivity (Wildman–Crippen MR) is 51.0 cm³/mol. The number of aliphatic imine (C=N–C) groups is 1. The summed E-state index contributed by atoms with van der Waals surface area (Å²) < 4.78 is 13.2. The van der Waals surface area contributed by atoms with Gasteiger partial charge in [-0.3, -0.25) is 0 Å². The molecule has 2 nitrogen and oxygen atoms in total. The number of rotatable bonds is 3. The largest absolute Gasteiger partial charge is 0.248 e. The minimum atomic E-state index is -0.743. The monoisotopic (exact) mass is 243 g/mol. The first-order chi connectivity index (χ1) is 6.29. The van der Waals surface area contributed by atoms with E-state index in [2.05, 4.69) is 20.9 Å². The molecule has 0 aromatic heterocycles. The zero-order valence-corrected chi connectivity index (χ0v) is 8.29. The summed E-state index contributed by atoms with van der Waals surface area (Å²) in [6, 6.07) is 6.33. The van der Waals surface area contributed by atoms with E-state index in [1.807, 2.05) is 6.07 Å². The molecule has 4 heteroatoms. The van der Waals surface area contributed by atoms with Crippen LogP contribution < -0.4 is 0 Å². The van der Waals surface area contributed by atoms with E-state index >= 15 is 0 Å². The molecule has 0 bridgehead atoms. The fourth-order valence-corrected chi connectivity index (χ4v) is 1.55. The summed E-state index contributed by atoms with van der Waals surface area (Å²) >= 11 is 3.25. The fraction of sp³-hybridized carbons (Fsp3) is 0.222. The van der Waals surface area contributed by atoms with Gasteiger partial charge in [-0.05, 0) is 11.6 Å². The molecule has 0 aliphatic rings. The molecule has 0 fully saturated rings. The summed E-state index contributed by atoms with van der Waals surface area (Å²) in [5, 5.41) is 0. The van der Waals surface area contributed by atoms with Crippen LogP contribution in [0.5, 0.6) is 0 Å². The molecule has 1 atom stereocenters. The highest BCUT2D eigenvalue weighted by Crippen LogP contribution is 2.25. The fourth-order valence-electron chi connectivity index (χ4n) is 0.996. The maximum atomic E-state index is 12.4. The third-order valence-corrected chi connectivity index (χ3v) is 2.34. The van der Waals surface area contributed by atoms with Gasteiger partial charge in [-0.15, -0.1) is 0 Å². The van der Waals surface area contributed by atoms with Crippen molar-refractivity contribution in [2.24, 2.45) is 4.99 Å². The Labute approximate surface area is 83.6 Å². The molecule has 13 heavy (non-hydrogen) atoms. The first kappa shape index (κ1) is 10.1. The average molecular weight is 244 g/mol. The topological polar surface area (TPSA) is 29.4 Å². The zero-order valence-electron chi connectivity index (χ0n) is 6.71. The van der Waals surface area contributed by atoms with Crippen molar-refractivity contribution in [1.29, 1.82) is 0 Å². The van der Waals surface area contributed by atoms with Crippen molar-refractivity contribution in [2.45, 2.75) is 6.04 Å². The van der Waals surface area contributed by atoms with Crippen LogP contribution in [0.3, 0.4) is 0 Å². The third kappa shape index (κ3) is 2.47. The Morgan fingerprint density at radius 2 is 2.23 bits per heavy atom. The van der Waals surface area contributed by atoms with Crippen molar-refractivity contribution in [2.75, 3.05) is 6.67 Å². The number of hydrogen-bond acceptors (Lipinski definition) is 2. The highest BCUT2D eigenvalue weighted by Gasteiger charge is 2.11. The van der Waals surface area contributed by atoms with Gasteiger partial charge in [-0.1, -0.05) is 34.1 Å². The number of carbonyl (C=O) groups excluding carboxylic acids is 1. The van der Waals surface area contributed by atoms with Gasteiger partial charge in [-0.25, -0.2) is 9.18 Å². The Kier molecular flexibility index (Phi) is 3.80. The van der Waals surface area contributed by atoms with Gasteiger partial charge in [0, 0.05) is 4.47 Å². The second-order valence-electron chi connectivity index (χ2n) is 2.41. The van der Waals surface area contributed by atoms with E-state index < -0.39 is 12.7 Å². The van der Waals surface area contributed by atoms with E-state index in [9.17, 15) is 9.18 Å². The number of benzene rings is 1. The Bertz CT molecular complexity index is 336. The minimum absolute atomic E-state index is 0.661. The Balaban J connectivity index is 3.04. The van der Waals surface area contributed by atoms with E-state index in [1.165, 1.54) is 6.08 Å². The molecule has 0 N–H and O–H groups in total. The van der Waals surface area contributed by atoms with Gasteiger partial charge in [0.25, 0.3) is 0 Å². The summed E-state index contributed by atoms with van der Waals surface area (Å²) in [4.78, 5) is 13.3. The van der Waals surface area contributed by atoms with E-state index in [-0.39, 0.29) is 0 Å². The van der Waals surface area contributed by atoms with Crippen LogP contribution in [-0.2, 0) is 4.79 Å². The van der Waals surface area contributed by atoms with E-state index in [1.54, 1.807) is 18.2 Å². The van der Waals surface area contributed by atoms with Gasteiger partial charge in [0.05, 0.1) is 0 Å². The molecule has 0 aliphatic heterocycles. The van der Waals surface area contributed by atoms with Crippen molar-refractivity contribution >= 4 is 22.0 Å². The second kappa shape index (κ2) is 4.90. The molecular formula is C9H7BrFNO. The maximum Gasteiger partial charge on any atom is 0.235 e. The van der Waals surface area contributed by atoms with Crippen molar-refractivity contribution in [1.82, 2.24) is 0 Å². The Morgan fingerprint density at radius 1 is 1.54 bits per heavy atom. The van der Waals surface area contributed by atoms with Crippen LogP contribution in [0.1, 0.15) is 11.6 Å². The van der Waals surface area contributed by atoms with Gasteiger partial charge in [0.1, 0.15) is 12.7 Å². The first-order valence-corrected chi connectivity index (χ1v) is 4.46. The second-order valence-corrected chi connectivity index (χ2v) is 3.27. The molecular weight excluding hydrogens is 237 g/mol. The lowest BCUT2D eigenvalue weighted by molar-refractivity contribution is 0.435. The van der Waals surface area contributed by atoms with Gasteiger partial charge in [-0.2, -0.15) is 4.99 Å². The van der Waals surface area contributed by atoms with Gasteiger partial charge < -0.3 is 0 Å². The van der Waals surface area contributed by atoms with E-state index in [4.69, 9.17) is 0 Å². The van der Waals surface area contributed by atoms with Crippen LogP contribution in [0.4, 0.5) is 4.39 Å². The lowest BCUT2D eigenvalue weighted by Gasteiger charge is -2.07. The number of halogens is 2. The highest BCUT2D eigenvalue weighted by atomic mass is 79.9. The van der Waals surface area contributed by atoms with E-state index in [0.717, 1.165) is 4.47 Å². The lowest BCUT2D eigenvalue weighted by Crippen LogP contribution is -1.98. The lowest BCUT2D eigenvalue weighted by atomic mass is 10.1. The molecule has 1 aromatic carbocycles. The summed E-state index contributed by atoms with van der Waals surface area (Å²) in [5.74, 6) is 0. The molecule has 68 valence electrons. The van der Waals surface area contributed by atoms with Crippen molar-refractivity contribution in [3.63, 3.8) is 0 Å². The van der Waals surface area contributed by atoms with Crippen LogP contribution in [-0.4, -0.2) is 12.8 Å². The zero-order chi connectivity index (χ0) is 9.68. The quantitative estimate of drug-likeness (QED) is 0.593. The number of isocyanates is 1. The SMILES string of the molecule is O=C=NC(CF)c1ccccc1Br. The van der Waals surface area contributed by atoms with Crippen molar-refractivity contribution in [3.8, 4) is 0 Å². The van der Waals surface area contributed by atoms with Gasteiger partial charge in [0.2, 0.25) is 6.08 Å². The highest BCUT2D eigenvalue weighted by molar-refractivity contribution is 9.10. The molecule has 1 unspecified atom stereocenters. The van der Waals surface area contributed by atoms with Crippen LogP contribution in [0.15, 0.2) is 33.7 Å². The predicted octanol–water partition coefficient (Wildman–Crippen LogP) is 2.80. The number of nitrogens with zero attached hydrogens (tertiary/aromatic N) is 1. The number of alkyl halides is 1. The molecule has 1 aromatic rings. The van der Waals surface area contributed by atoms with Crippen LogP contribution >= 0.6 is 15.9 Å². The van der Waals surface area contributed by atoms with Gasteiger partial charge >= 0.3 is 0 Å². The smallest absolute Gasteiger partial charge is 0.235 e.